The van der Waals surface area contributed by atoms with Gasteiger partial charge in [0, 0.05) is 12.2 Å². The van der Waals surface area contributed by atoms with E-state index in [-0.39, 0.29) is 11.9 Å². The summed E-state index contributed by atoms with van der Waals surface area (Å²) in [6, 6.07) is 10.7. The van der Waals surface area contributed by atoms with Gasteiger partial charge in [-0.1, -0.05) is 50.1 Å². The molecule has 0 spiro atoms. The molecule has 0 bridgehead atoms. The van der Waals surface area contributed by atoms with E-state index in [1.807, 2.05) is 13.0 Å². The Labute approximate surface area is 149 Å². The Balaban J connectivity index is 1.72. The van der Waals surface area contributed by atoms with Gasteiger partial charge in [0.25, 0.3) is 5.91 Å². The predicted molar refractivity (Wildman–Crippen MR) is 99.5 cm³/mol. The molecule has 2 N–H and O–H groups in total. The molecular formula is C20H28N4O. The molecule has 5 heteroatoms. The Kier molecular flexibility index (Phi) is 6.23. The highest BCUT2D eigenvalue weighted by Gasteiger charge is 2.23. The molecule has 1 amide bonds. The van der Waals surface area contributed by atoms with Crippen LogP contribution in [-0.2, 0) is 6.42 Å². The number of amides is 1. The maximum absolute atomic E-state index is 12.6. The second kappa shape index (κ2) is 8.81. The van der Waals surface area contributed by atoms with Crippen molar-refractivity contribution in [3.05, 3.63) is 53.3 Å². The van der Waals surface area contributed by atoms with Gasteiger partial charge in [0.2, 0.25) is 0 Å². The summed E-state index contributed by atoms with van der Waals surface area (Å²) < 4.78 is 0. The maximum Gasteiger partial charge on any atom is 0.254 e. The number of aryl methyl sites for hydroxylation is 1. The number of carbonyl (C=O) groups excluding carboxylic acids is 1. The smallest absolute Gasteiger partial charge is 0.254 e. The Morgan fingerprint density at radius 2 is 1.92 bits per heavy atom. The van der Waals surface area contributed by atoms with Crippen molar-refractivity contribution in [3.8, 4) is 0 Å². The monoisotopic (exact) mass is 340 g/mol. The minimum atomic E-state index is -0.0404. The fourth-order valence-corrected chi connectivity index (χ4v) is 3.60. The molecule has 3 rings (SSSR count). The van der Waals surface area contributed by atoms with Crippen molar-refractivity contribution in [2.45, 2.75) is 45.1 Å². The molecule has 25 heavy (non-hydrogen) atoms. The molecular weight excluding hydrogens is 312 g/mol. The quantitative estimate of drug-likeness (QED) is 0.848. The second-order valence-electron chi connectivity index (χ2n) is 6.70. The molecule has 1 fully saturated rings. The molecule has 1 aliphatic heterocycles. The first kappa shape index (κ1) is 17.7. The van der Waals surface area contributed by atoms with E-state index >= 15 is 0 Å². The average Bonchev–Trinajstić information content (AvgIpc) is 2.98. The van der Waals surface area contributed by atoms with E-state index in [9.17, 15) is 4.79 Å². The third kappa shape index (κ3) is 4.48. The van der Waals surface area contributed by atoms with E-state index in [1.165, 1.54) is 31.2 Å². The van der Waals surface area contributed by atoms with Gasteiger partial charge in [0.15, 0.2) is 0 Å². The Morgan fingerprint density at radius 1 is 1.20 bits per heavy atom. The van der Waals surface area contributed by atoms with Crippen molar-refractivity contribution in [2.24, 2.45) is 0 Å². The number of H-pyrrole nitrogens is 1. The largest absolute Gasteiger partial charge is 0.350 e. The standard InChI is InChI=1S/C20H28N4O/c1-2-18-17(14-22-23-18)20(25)21-15-19(16-10-6-5-7-11-16)24-12-8-3-4-9-13-24/h5-7,10-11,14,19H,2-4,8-9,12-13,15H2,1H3,(H,21,25)(H,22,23)/t19-/m0/s1. The maximum atomic E-state index is 12.6. The van der Waals surface area contributed by atoms with Gasteiger partial charge in [-0.15, -0.1) is 0 Å². The molecule has 1 aliphatic rings. The molecule has 1 aromatic carbocycles. The van der Waals surface area contributed by atoms with E-state index < -0.39 is 0 Å². The van der Waals surface area contributed by atoms with Crippen LogP contribution in [0.2, 0.25) is 0 Å². The lowest BCUT2D eigenvalue weighted by molar-refractivity contribution is 0.0932. The van der Waals surface area contributed by atoms with Crippen molar-refractivity contribution in [1.29, 1.82) is 0 Å². The third-order valence-electron chi connectivity index (χ3n) is 5.04. The van der Waals surface area contributed by atoms with Crippen molar-refractivity contribution in [2.75, 3.05) is 19.6 Å². The van der Waals surface area contributed by atoms with Crippen molar-refractivity contribution >= 4 is 5.91 Å². The van der Waals surface area contributed by atoms with Gasteiger partial charge in [0.1, 0.15) is 0 Å². The van der Waals surface area contributed by atoms with Crippen LogP contribution in [0.4, 0.5) is 0 Å². The third-order valence-corrected chi connectivity index (χ3v) is 5.04. The topological polar surface area (TPSA) is 61.0 Å². The lowest BCUT2D eigenvalue weighted by Gasteiger charge is -2.31. The van der Waals surface area contributed by atoms with Crippen molar-refractivity contribution in [3.63, 3.8) is 0 Å². The number of nitrogens with one attached hydrogen (secondary N) is 2. The van der Waals surface area contributed by atoms with E-state index in [4.69, 9.17) is 0 Å². The highest BCUT2D eigenvalue weighted by molar-refractivity contribution is 5.95. The van der Waals surface area contributed by atoms with Gasteiger partial charge in [-0.2, -0.15) is 5.10 Å². The molecule has 1 atom stereocenters. The Bertz CT molecular complexity index is 659. The molecule has 2 aromatic rings. The number of carbonyl (C=O) groups is 1. The number of hydrogen-bond acceptors (Lipinski definition) is 3. The van der Waals surface area contributed by atoms with Gasteiger partial charge >= 0.3 is 0 Å². The molecule has 1 saturated heterocycles. The van der Waals surface area contributed by atoms with E-state index in [2.05, 4.69) is 44.7 Å². The summed E-state index contributed by atoms with van der Waals surface area (Å²) in [4.78, 5) is 15.1. The van der Waals surface area contributed by atoms with Crippen LogP contribution in [-0.4, -0.2) is 40.6 Å². The summed E-state index contributed by atoms with van der Waals surface area (Å²) in [5, 5.41) is 10.0. The first-order chi connectivity index (χ1) is 12.3. The number of hydrogen-bond donors (Lipinski definition) is 2. The summed E-state index contributed by atoms with van der Waals surface area (Å²) in [5.74, 6) is -0.0404. The first-order valence-corrected chi connectivity index (χ1v) is 9.39. The van der Waals surface area contributed by atoms with Crippen LogP contribution in [0.15, 0.2) is 36.5 Å². The van der Waals surface area contributed by atoms with Crippen LogP contribution in [0.5, 0.6) is 0 Å². The minimum Gasteiger partial charge on any atom is -0.350 e. The second-order valence-corrected chi connectivity index (χ2v) is 6.70. The fourth-order valence-electron chi connectivity index (χ4n) is 3.60. The molecule has 1 aromatic heterocycles. The summed E-state index contributed by atoms with van der Waals surface area (Å²) in [7, 11) is 0. The van der Waals surface area contributed by atoms with Crippen LogP contribution in [0.25, 0.3) is 0 Å². The highest BCUT2D eigenvalue weighted by atomic mass is 16.1. The van der Waals surface area contributed by atoms with Crippen LogP contribution in [0.1, 0.15) is 60.3 Å². The average molecular weight is 340 g/mol. The number of benzene rings is 1. The lowest BCUT2D eigenvalue weighted by atomic mass is 10.0. The Morgan fingerprint density at radius 3 is 2.60 bits per heavy atom. The zero-order valence-corrected chi connectivity index (χ0v) is 15.0. The summed E-state index contributed by atoms with van der Waals surface area (Å²) >= 11 is 0. The lowest BCUT2D eigenvalue weighted by Crippen LogP contribution is -2.38. The van der Waals surface area contributed by atoms with Crippen LogP contribution >= 0.6 is 0 Å². The number of aromatic nitrogens is 2. The van der Waals surface area contributed by atoms with Crippen LogP contribution in [0, 0.1) is 0 Å². The van der Waals surface area contributed by atoms with Crippen molar-refractivity contribution in [1.82, 2.24) is 20.4 Å². The van der Waals surface area contributed by atoms with Gasteiger partial charge < -0.3 is 5.32 Å². The molecule has 0 aliphatic carbocycles. The molecule has 5 nitrogen and oxygen atoms in total. The first-order valence-electron chi connectivity index (χ1n) is 9.39. The summed E-state index contributed by atoms with van der Waals surface area (Å²) in [5.41, 5.74) is 2.82. The normalized spacial score (nSPS) is 17.0. The molecule has 0 unspecified atom stereocenters. The van der Waals surface area contributed by atoms with Crippen LogP contribution in [0.3, 0.4) is 0 Å². The van der Waals surface area contributed by atoms with Gasteiger partial charge in [0.05, 0.1) is 17.8 Å². The molecule has 2 heterocycles. The summed E-state index contributed by atoms with van der Waals surface area (Å²) in [6.45, 7) is 4.84. The molecule has 0 radical (unpaired) electrons. The number of nitrogens with zero attached hydrogens (tertiary/aromatic N) is 2. The zero-order chi connectivity index (χ0) is 17.5. The minimum absolute atomic E-state index is 0.0404. The van der Waals surface area contributed by atoms with E-state index in [0.29, 0.717) is 12.1 Å². The number of rotatable bonds is 6. The van der Waals surface area contributed by atoms with Crippen LogP contribution < -0.4 is 5.32 Å². The number of likely N-dealkylation sites (tertiary alicyclic amines) is 1. The molecule has 134 valence electrons. The fraction of sp³-hybridized carbons (Fsp3) is 0.500. The zero-order valence-electron chi connectivity index (χ0n) is 15.0. The van der Waals surface area contributed by atoms with Gasteiger partial charge in [-0.05, 0) is 37.9 Å². The highest BCUT2D eigenvalue weighted by Crippen LogP contribution is 2.24. The van der Waals surface area contributed by atoms with Gasteiger partial charge in [-0.25, -0.2) is 0 Å². The predicted octanol–water partition coefficient (Wildman–Crippen LogP) is 3.32. The Hall–Kier alpha value is -2.14. The SMILES string of the molecule is CCc1[nH]ncc1C(=O)NC[C@@H](c1ccccc1)N1CCCCCC1. The van der Waals surface area contributed by atoms with E-state index in [0.717, 1.165) is 25.2 Å². The van der Waals surface area contributed by atoms with E-state index in [1.54, 1.807) is 6.20 Å². The van der Waals surface area contributed by atoms with Crippen molar-refractivity contribution < 1.29 is 4.79 Å². The summed E-state index contributed by atoms with van der Waals surface area (Å²) in [6.07, 6.45) is 7.48. The number of aromatic amines is 1. The van der Waals surface area contributed by atoms with Gasteiger partial charge in [-0.3, -0.25) is 14.8 Å². The molecule has 0 saturated carbocycles.